The van der Waals surface area contributed by atoms with Crippen molar-refractivity contribution in [2.45, 2.75) is 32.1 Å². The Morgan fingerprint density at radius 2 is 2.00 bits per heavy atom. The first-order valence-corrected chi connectivity index (χ1v) is 5.22. The van der Waals surface area contributed by atoms with Gasteiger partial charge >= 0.3 is 0 Å². The Hall–Kier alpha value is -0.570. The third-order valence-corrected chi connectivity index (χ3v) is 3.77. The molecule has 1 unspecified atom stereocenters. The molecule has 3 heteroatoms. The van der Waals surface area contributed by atoms with E-state index in [1.807, 2.05) is 0 Å². The van der Waals surface area contributed by atoms with Gasteiger partial charge in [0.05, 0.1) is 0 Å². The molecular formula is C10H18N2O. The van der Waals surface area contributed by atoms with Gasteiger partial charge in [0.15, 0.2) is 0 Å². The molecule has 74 valence electrons. The van der Waals surface area contributed by atoms with Crippen molar-refractivity contribution in [3.63, 3.8) is 0 Å². The minimum absolute atomic E-state index is 0.0876. The predicted octanol–water partition coefficient (Wildman–Crippen LogP) is 0.642. The molecule has 0 bridgehead atoms. The zero-order valence-electron chi connectivity index (χ0n) is 8.01. The van der Waals surface area contributed by atoms with Crippen LogP contribution >= 0.6 is 0 Å². The molecule has 1 spiro atoms. The highest BCUT2D eigenvalue weighted by Crippen LogP contribution is 2.47. The van der Waals surface area contributed by atoms with Gasteiger partial charge in [-0.2, -0.15) is 0 Å². The van der Waals surface area contributed by atoms with E-state index in [2.05, 4.69) is 5.32 Å². The molecule has 1 saturated heterocycles. The van der Waals surface area contributed by atoms with Crippen LogP contribution in [0.5, 0.6) is 0 Å². The maximum atomic E-state index is 11.0. The quantitative estimate of drug-likeness (QED) is 0.625. The van der Waals surface area contributed by atoms with Gasteiger partial charge in [0, 0.05) is 5.92 Å². The molecule has 1 saturated carbocycles. The molecule has 2 rings (SSSR count). The molecule has 1 atom stereocenters. The van der Waals surface area contributed by atoms with Crippen molar-refractivity contribution in [1.82, 2.24) is 5.32 Å². The number of carbonyl (C=O) groups excluding carboxylic acids is 1. The molecule has 0 radical (unpaired) electrons. The highest BCUT2D eigenvalue weighted by Gasteiger charge is 2.41. The van der Waals surface area contributed by atoms with Gasteiger partial charge < -0.3 is 11.1 Å². The molecule has 3 N–H and O–H groups in total. The maximum absolute atomic E-state index is 11.0. The van der Waals surface area contributed by atoms with Crippen LogP contribution in [0.25, 0.3) is 0 Å². The number of piperidine rings is 1. The van der Waals surface area contributed by atoms with Gasteiger partial charge in [-0.05, 0) is 50.6 Å². The van der Waals surface area contributed by atoms with Gasteiger partial charge in [-0.25, -0.2) is 0 Å². The summed E-state index contributed by atoms with van der Waals surface area (Å²) in [5.41, 5.74) is 5.80. The van der Waals surface area contributed by atoms with Crippen molar-refractivity contribution < 1.29 is 4.79 Å². The van der Waals surface area contributed by atoms with E-state index in [9.17, 15) is 4.79 Å². The number of nitrogens with two attached hydrogens (primary N) is 1. The van der Waals surface area contributed by atoms with E-state index in [0.717, 1.165) is 25.9 Å². The summed E-state index contributed by atoms with van der Waals surface area (Å²) in [4.78, 5) is 11.0. The molecule has 0 aromatic heterocycles. The molecule has 1 heterocycles. The van der Waals surface area contributed by atoms with Crippen LogP contribution in [0.3, 0.4) is 0 Å². The van der Waals surface area contributed by atoms with Crippen LogP contribution in [-0.4, -0.2) is 19.0 Å². The van der Waals surface area contributed by atoms with Crippen LogP contribution < -0.4 is 11.1 Å². The zero-order chi connectivity index (χ0) is 9.31. The molecular weight excluding hydrogens is 164 g/mol. The monoisotopic (exact) mass is 182 g/mol. The number of rotatable bonds is 1. The van der Waals surface area contributed by atoms with E-state index in [1.54, 1.807) is 0 Å². The second-order valence-electron chi connectivity index (χ2n) is 4.59. The third-order valence-electron chi connectivity index (χ3n) is 3.77. The first kappa shape index (κ1) is 9.00. The van der Waals surface area contributed by atoms with Crippen LogP contribution in [0.15, 0.2) is 0 Å². The van der Waals surface area contributed by atoms with Crippen LogP contribution in [-0.2, 0) is 4.79 Å². The van der Waals surface area contributed by atoms with Gasteiger partial charge in [-0.3, -0.25) is 4.79 Å². The summed E-state index contributed by atoms with van der Waals surface area (Å²) in [5, 5.41) is 3.36. The molecule has 13 heavy (non-hydrogen) atoms. The van der Waals surface area contributed by atoms with Crippen LogP contribution in [0.2, 0.25) is 0 Å². The number of nitrogens with one attached hydrogen (secondary N) is 1. The zero-order valence-corrected chi connectivity index (χ0v) is 8.01. The SMILES string of the molecule is NC(=O)C1CCC2(CCNCC2)C1. The lowest BCUT2D eigenvalue weighted by atomic mass is 9.77. The first-order valence-electron chi connectivity index (χ1n) is 5.22. The van der Waals surface area contributed by atoms with Gasteiger partial charge in [-0.15, -0.1) is 0 Å². The molecule has 1 aliphatic carbocycles. The fourth-order valence-corrected chi connectivity index (χ4v) is 2.86. The predicted molar refractivity (Wildman–Crippen MR) is 51.1 cm³/mol. The lowest BCUT2D eigenvalue weighted by Crippen LogP contribution is -2.35. The fraction of sp³-hybridized carbons (Fsp3) is 0.900. The highest BCUT2D eigenvalue weighted by molar-refractivity contribution is 5.77. The summed E-state index contributed by atoms with van der Waals surface area (Å²) in [6, 6.07) is 0. The second-order valence-corrected chi connectivity index (χ2v) is 4.59. The fourth-order valence-electron chi connectivity index (χ4n) is 2.86. The third kappa shape index (κ3) is 1.70. The van der Waals surface area contributed by atoms with E-state index in [0.29, 0.717) is 5.41 Å². The standard InChI is InChI=1S/C10H18N2O/c11-9(13)8-1-2-10(7-8)3-5-12-6-4-10/h8,12H,1-7H2,(H2,11,13). The molecule has 0 aromatic carbocycles. The number of hydrogen-bond donors (Lipinski definition) is 2. The number of primary amides is 1. The summed E-state index contributed by atoms with van der Waals surface area (Å²) >= 11 is 0. The van der Waals surface area contributed by atoms with Crippen LogP contribution in [0.1, 0.15) is 32.1 Å². The van der Waals surface area contributed by atoms with Crippen molar-refractivity contribution in [3.8, 4) is 0 Å². The van der Waals surface area contributed by atoms with Gasteiger partial charge in [-0.1, -0.05) is 0 Å². The number of amides is 1. The maximum Gasteiger partial charge on any atom is 0.220 e. The minimum Gasteiger partial charge on any atom is -0.369 e. The molecule has 1 amide bonds. The Kier molecular flexibility index (Phi) is 2.28. The Balaban J connectivity index is 1.98. The Bertz CT molecular complexity index is 209. The minimum atomic E-state index is -0.0876. The van der Waals surface area contributed by atoms with E-state index >= 15 is 0 Å². The van der Waals surface area contributed by atoms with Crippen LogP contribution in [0, 0.1) is 11.3 Å². The number of hydrogen-bond acceptors (Lipinski definition) is 2. The van der Waals surface area contributed by atoms with Gasteiger partial charge in [0.1, 0.15) is 0 Å². The normalized spacial score (nSPS) is 32.2. The average Bonchev–Trinajstić information content (AvgIpc) is 2.51. The summed E-state index contributed by atoms with van der Waals surface area (Å²) in [6.07, 6.45) is 5.75. The topological polar surface area (TPSA) is 55.1 Å². The van der Waals surface area contributed by atoms with Crippen molar-refractivity contribution >= 4 is 5.91 Å². The number of carbonyl (C=O) groups is 1. The summed E-state index contributed by atoms with van der Waals surface area (Å²) in [6.45, 7) is 2.23. The molecule has 0 aromatic rings. The molecule has 2 aliphatic rings. The summed E-state index contributed by atoms with van der Waals surface area (Å²) in [7, 11) is 0. The summed E-state index contributed by atoms with van der Waals surface area (Å²) in [5.74, 6) is 0.0773. The molecule has 1 aliphatic heterocycles. The van der Waals surface area contributed by atoms with Gasteiger partial charge in [0.2, 0.25) is 5.91 Å². The largest absolute Gasteiger partial charge is 0.369 e. The second kappa shape index (κ2) is 3.29. The van der Waals surface area contributed by atoms with Crippen LogP contribution in [0.4, 0.5) is 0 Å². The lowest BCUT2D eigenvalue weighted by molar-refractivity contribution is -0.121. The van der Waals surface area contributed by atoms with Gasteiger partial charge in [0.25, 0.3) is 0 Å². The molecule has 2 fully saturated rings. The van der Waals surface area contributed by atoms with Crippen molar-refractivity contribution in [2.24, 2.45) is 17.1 Å². The van der Waals surface area contributed by atoms with E-state index in [-0.39, 0.29) is 11.8 Å². The van der Waals surface area contributed by atoms with E-state index in [4.69, 9.17) is 5.73 Å². The van der Waals surface area contributed by atoms with Crippen molar-refractivity contribution in [2.75, 3.05) is 13.1 Å². The molecule has 3 nitrogen and oxygen atoms in total. The van der Waals surface area contributed by atoms with Crippen molar-refractivity contribution in [1.29, 1.82) is 0 Å². The van der Waals surface area contributed by atoms with Crippen molar-refractivity contribution in [3.05, 3.63) is 0 Å². The Morgan fingerprint density at radius 3 is 2.54 bits per heavy atom. The van der Waals surface area contributed by atoms with E-state index < -0.39 is 0 Å². The average molecular weight is 182 g/mol. The Labute approximate surface area is 79.1 Å². The smallest absolute Gasteiger partial charge is 0.220 e. The lowest BCUT2D eigenvalue weighted by Gasteiger charge is -2.33. The highest BCUT2D eigenvalue weighted by atomic mass is 16.1. The summed E-state index contributed by atoms with van der Waals surface area (Å²) < 4.78 is 0. The van der Waals surface area contributed by atoms with E-state index in [1.165, 1.54) is 19.3 Å². The first-order chi connectivity index (χ1) is 6.22. The Morgan fingerprint density at radius 1 is 1.31 bits per heavy atom.